The van der Waals surface area contributed by atoms with Crippen molar-refractivity contribution in [1.29, 1.82) is 0 Å². The topological polar surface area (TPSA) is 23.5 Å². The van der Waals surface area contributed by atoms with E-state index in [-0.39, 0.29) is 6.10 Å². The molecule has 18 heavy (non-hydrogen) atoms. The van der Waals surface area contributed by atoms with Crippen molar-refractivity contribution in [2.45, 2.75) is 78.0 Å². The Morgan fingerprint density at radius 3 is 2.22 bits per heavy atom. The van der Waals surface area contributed by atoms with Crippen molar-refractivity contribution >= 4 is 0 Å². The summed E-state index contributed by atoms with van der Waals surface area (Å²) >= 11 is 0. The minimum atomic E-state index is -0.0839. The van der Waals surface area contributed by atoms with Gasteiger partial charge in [0.15, 0.2) is 0 Å². The minimum Gasteiger partial charge on any atom is -0.391 e. The molecule has 1 N–H and O–H groups in total. The predicted octanol–water partition coefficient (Wildman–Crippen LogP) is 3.29. The van der Waals surface area contributed by atoms with E-state index in [1.165, 1.54) is 25.7 Å². The van der Waals surface area contributed by atoms with Crippen LogP contribution >= 0.6 is 0 Å². The highest BCUT2D eigenvalue weighted by atomic mass is 16.3. The first-order valence-electron chi connectivity index (χ1n) is 7.92. The van der Waals surface area contributed by atoms with E-state index in [0.717, 1.165) is 30.8 Å². The first-order valence-corrected chi connectivity index (χ1v) is 7.92. The molecule has 0 heterocycles. The lowest BCUT2D eigenvalue weighted by molar-refractivity contribution is -0.0127. The van der Waals surface area contributed by atoms with E-state index in [0.29, 0.717) is 12.0 Å². The van der Waals surface area contributed by atoms with Crippen LogP contribution in [0.4, 0.5) is 0 Å². The average Bonchev–Trinajstić information content (AvgIpc) is 3.10. The molecule has 0 bridgehead atoms. The number of nitrogens with zero attached hydrogens (tertiary/aromatic N) is 1. The molecule has 2 nitrogen and oxygen atoms in total. The van der Waals surface area contributed by atoms with Gasteiger partial charge in [-0.15, -0.1) is 0 Å². The summed E-state index contributed by atoms with van der Waals surface area (Å²) in [5.41, 5.74) is 0. The van der Waals surface area contributed by atoms with Crippen LogP contribution in [0.3, 0.4) is 0 Å². The molecule has 0 aromatic heterocycles. The van der Waals surface area contributed by atoms with Gasteiger partial charge in [0.25, 0.3) is 0 Å². The summed E-state index contributed by atoms with van der Waals surface area (Å²) in [6.07, 6.45) is 6.05. The smallest absolute Gasteiger partial charge is 0.0695 e. The molecule has 0 spiro atoms. The molecule has 0 radical (unpaired) electrons. The second-order valence-corrected chi connectivity index (χ2v) is 7.27. The molecule has 2 saturated carbocycles. The summed E-state index contributed by atoms with van der Waals surface area (Å²) in [5, 5.41) is 10.4. The zero-order chi connectivity index (χ0) is 13.3. The summed E-state index contributed by atoms with van der Waals surface area (Å²) in [7, 11) is 0. The number of aliphatic hydroxyl groups is 1. The van der Waals surface area contributed by atoms with Crippen molar-refractivity contribution < 1.29 is 5.11 Å². The van der Waals surface area contributed by atoms with Crippen LogP contribution in [0.15, 0.2) is 0 Å². The van der Waals surface area contributed by atoms with E-state index in [9.17, 15) is 5.11 Å². The largest absolute Gasteiger partial charge is 0.391 e. The molecule has 2 rings (SSSR count). The van der Waals surface area contributed by atoms with E-state index in [4.69, 9.17) is 0 Å². The third-order valence-corrected chi connectivity index (χ3v) is 4.78. The molecule has 0 saturated heterocycles. The molecular weight excluding hydrogens is 222 g/mol. The van der Waals surface area contributed by atoms with Crippen molar-refractivity contribution in [3.63, 3.8) is 0 Å². The quantitative estimate of drug-likeness (QED) is 0.812. The molecule has 2 fully saturated rings. The summed E-state index contributed by atoms with van der Waals surface area (Å²) in [6.45, 7) is 10.4. The van der Waals surface area contributed by atoms with Gasteiger partial charge < -0.3 is 5.11 Å². The summed E-state index contributed by atoms with van der Waals surface area (Å²) in [4.78, 5) is 2.64. The number of rotatable bonds is 5. The number of hydrogen-bond donors (Lipinski definition) is 1. The Bertz CT molecular complexity index is 260. The van der Waals surface area contributed by atoms with E-state index in [2.05, 4.69) is 32.6 Å². The van der Waals surface area contributed by atoms with Crippen LogP contribution in [0.5, 0.6) is 0 Å². The van der Waals surface area contributed by atoms with Gasteiger partial charge in [0.2, 0.25) is 0 Å². The van der Waals surface area contributed by atoms with Crippen molar-refractivity contribution in [3.8, 4) is 0 Å². The lowest BCUT2D eigenvalue weighted by Gasteiger charge is -2.42. The number of hydrogen-bond acceptors (Lipinski definition) is 2. The first kappa shape index (κ1) is 14.3. The van der Waals surface area contributed by atoms with Crippen molar-refractivity contribution in [3.05, 3.63) is 0 Å². The fourth-order valence-corrected chi connectivity index (χ4v) is 3.51. The minimum absolute atomic E-state index is 0.0839. The Labute approximate surface area is 113 Å². The second kappa shape index (κ2) is 5.92. The number of aliphatic hydroxyl groups excluding tert-OH is 1. The molecule has 106 valence electrons. The monoisotopic (exact) mass is 253 g/mol. The SMILES string of the molecule is CC(C)CN(C1CC1)C1CC(C(C)C)CCC1O. The maximum Gasteiger partial charge on any atom is 0.0695 e. The van der Waals surface area contributed by atoms with Gasteiger partial charge in [0, 0.05) is 18.6 Å². The van der Waals surface area contributed by atoms with Crippen LogP contribution in [-0.4, -0.2) is 34.7 Å². The highest BCUT2D eigenvalue weighted by Gasteiger charge is 2.40. The van der Waals surface area contributed by atoms with Gasteiger partial charge in [-0.3, -0.25) is 4.90 Å². The zero-order valence-corrected chi connectivity index (χ0v) is 12.6. The van der Waals surface area contributed by atoms with Gasteiger partial charge in [-0.25, -0.2) is 0 Å². The maximum atomic E-state index is 10.4. The van der Waals surface area contributed by atoms with Gasteiger partial charge >= 0.3 is 0 Å². The molecule has 2 aliphatic carbocycles. The highest BCUT2D eigenvalue weighted by Crippen LogP contribution is 2.38. The van der Waals surface area contributed by atoms with Gasteiger partial charge in [0.05, 0.1) is 6.10 Å². The van der Waals surface area contributed by atoms with E-state index < -0.39 is 0 Å². The fraction of sp³-hybridized carbons (Fsp3) is 1.00. The van der Waals surface area contributed by atoms with Gasteiger partial charge in [-0.2, -0.15) is 0 Å². The molecule has 0 aliphatic heterocycles. The molecule has 0 amide bonds. The highest BCUT2D eigenvalue weighted by molar-refractivity contribution is 4.95. The predicted molar refractivity (Wildman–Crippen MR) is 76.5 cm³/mol. The normalized spacial score (nSPS) is 33.7. The molecule has 2 aliphatic rings. The van der Waals surface area contributed by atoms with Crippen molar-refractivity contribution in [2.24, 2.45) is 17.8 Å². The Balaban J connectivity index is 2.01. The zero-order valence-electron chi connectivity index (χ0n) is 12.6. The molecule has 3 unspecified atom stereocenters. The third kappa shape index (κ3) is 3.48. The standard InChI is InChI=1S/C16H31NO/c1-11(2)10-17(14-6-7-14)15-9-13(12(3)4)5-8-16(15)18/h11-16,18H,5-10H2,1-4H3. The average molecular weight is 253 g/mol. The van der Waals surface area contributed by atoms with Gasteiger partial charge in [0.1, 0.15) is 0 Å². The van der Waals surface area contributed by atoms with Gasteiger partial charge in [-0.1, -0.05) is 27.7 Å². The Hall–Kier alpha value is -0.0800. The van der Waals surface area contributed by atoms with E-state index in [1.54, 1.807) is 0 Å². The third-order valence-electron chi connectivity index (χ3n) is 4.78. The van der Waals surface area contributed by atoms with Crippen LogP contribution in [-0.2, 0) is 0 Å². The summed E-state index contributed by atoms with van der Waals surface area (Å²) in [6, 6.07) is 1.21. The first-order chi connectivity index (χ1) is 8.49. The molecular formula is C16H31NO. The van der Waals surface area contributed by atoms with Crippen LogP contribution < -0.4 is 0 Å². The van der Waals surface area contributed by atoms with Crippen LogP contribution in [0.1, 0.15) is 59.8 Å². The molecule has 2 heteroatoms. The van der Waals surface area contributed by atoms with Gasteiger partial charge in [-0.05, 0) is 49.9 Å². The van der Waals surface area contributed by atoms with Crippen LogP contribution in [0.2, 0.25) is 0 Å². The molecule has 0 aromatic rings. The Kier molecular flexibility index (Phi) is 4.71. The Morgan fingerprint density at radius 1 is 1.06 bits per heavy atom. The van der Waals surface area contributed by atoms with Crippen molar-refractivity contribution in [2.75, 3.05) is 6.54 Å². The summed E-state index contributed by atoms with van der Waals surface area (Å²) in [5.74, 6) is 2.28. The Morgan fingerprint density at radius 2 is 1.72 bits per heavy atom. The van der Waals surface area contributed by atoms with E-state index >= 15 is 0 Å². The van der Waals surface area contributed by atoms with Crippen LogP contribution in [0, 0.1) is 17.8 Å². The fourth-order valence-electron chi connectivity index (χ4n) is 3.51. The second-order valence-electron chi connectivity index (χ2n) is 7.27. The van der Waals surface area contributed by atoms with Crippen LogP contribution in [0.25, 0.3) is 0 Å². The van der Waals surface area contributed by atoms with Crippen molar-refractivity contribution in [1.82, 2.24) is 4.90 Å². The maximum absolute atomic E-state index is 10.4. The lowest BCUT2D eigenvalue weighted by Crippen LogP contribution is -2.50. The van der Waals surface area contributed by atoms with E-state index in [1.807, 2.05) is 0 Å². The lowest BCUT2D eigenvalue weighted by atomic mass is 9.77. The molecule has 3 atom stereocenters. The molecule has 0 aromatic carbocycles. The summed E-state index contributed by atoms with van der Waals surface area (Å²) < 4.78 is 0.